The van der Waals surface area contributed by atoms with Crippen LogP contribution in [0.2, 0.25) is 0 Å². The number of carbonyl (C=O) groups excluding carboxylic acids is 2. The SMILES string of the molecule is CCC(C)N(CCC(=O)N1CCCC1)C(=O)Nc1cccc(F)c1. The lowest BCUT2D eigenvalue weighted by molar-refractivity contribution is -0.130. The topological polar surface area (TPSA) is 52.7 Å². The van der Waals surface area contributed by atoms with Gasteiger partial charge in [0.2, 0.25) is 5.91 Å². The number of rotatable bonds is 6. The zero-order valence-corrected chi connectivity index (χ0v) is 14.4. The minimum absolute atomic E-state index is 0.00457. The summed E-state index contributed by atoms with van der Waals surface area (Å²) < 4.78 is 13.3. The molecular weight excluding hydrogens is 309 g/mol. The van der Waals surface area contributed by atoms with Crippen LogP contribution in [-0.4, -0.2) is 47.4 Å². The summed E-state index contributed by atoms with van der Waals surface area (Å²) in [5, 5.41) is 2.71. The van der Waals surface area contributed by atoms with Gasteiger partial charge in [-0.3, -0.25) is 4.79 Å². The first-order chi connectivity index (χ1) is 11.5. The van der Waals surface area contributed by atoms with E-state index < -0.39 is 5.82 Å². The van der Waals surface area contributed by atoms with Crippen LogP contribution in [0.4, 0.5) is 14.9 Å². The summed E-state index contributed by atoms with van der Waals surface area (Å²) >= 11 is 0. The Morgan fingerprint density at radius 1 is 1.33 bits per heavy atom. The van der Waals surface area contributed by atoms with E-state index in [0.29, 0.717) is 18.7 Å². The Labute approximate surface area is 142 Å². The van der Waals surface area contributed by atoms with Crippen molar-refractivity contribution < 1.29 is 14.0 Å². The van der Waals surface area contributed by atoms with Gasteiger partial charge in [0.05, 0.1) is 0 Å². The molecule has 132 valence electrons. The Balaban J connectivity index is 1.96. The summed E-state index contributed by atoms with van der Waals surface area (Å²) in [4.78, 5) is 28.2. The molecule has 1 saturated heterocycles. The Bertz CT molecular complexity index is 573. The van der Waals surface area contributed by atoms with E-state index in [4.69, 9.17) is 0 Å². The van der Waals surface area contributed by atoms with Gasteiger partial charge in [0.15, 0.2) is 0 Å². The first-order valence-electron chi connectivity index (χ1n) is 8.62. The highest BCUT2D eigenvalue weighted by Gasteiger charge is 2.23. The molecule has 6 heteroatoms. The number of benzene rings is 1. The predicted octanol–water partition coefficient (Wildman–Crippen LogP) is 3.47. The number of urea groups is 1. The summed E-state index contributed by atoms with van der Waals surface area (Å²) in [6, 6.07) is 5.51. The maximum absolute atomic E-state index is 13.3. The molecule has 1 aromatic rings. The minimum Gasteiger partial charge on any atom is -0.343 e. The van der Waals surface area contributed by atoms with Crippen LogP contribution in [0.1, 0.15) is 39.5 Å². The van der Waals surface area contributed by atoms with Gasteiger partial charge in [-0.25, -0.2) is 9.18 Å². The van der Waals surface area contributed by atoms with Crippen molar-refractivity contribution in [2.45, 2.75) is 45.6 Å². The van der Waals surface area contributed by atoms with Gasteiger partial charge in [0.25, 0.3) is 0 Å². The molecular formula is C18H26FN3O2. The zero-order valence-electron chi connectivity index (χ0n) is 14.4. The van der Waals surface area contributed by atoms with Crippen molar-refractivity contribution in [3.05, 3.63) is 30.1 Å². The molecule has 1 N–H and O–H groups in total. The third kappa shape index (κ3) is 4.94. The lowest BCUT2D eigenvalue weighted by Gasteiger charge is -2.29. The highest BCUT2D eigenvalue weighted by molar-refractivity contribution is 5.90. The van der Waals surface area contributed by atoms with Crippen LogP contribution in [-0.2, 0) is 4.79 Å². The highest BCUT2D eigenvalue weighted by Crippen LogP contribution is 2.14. The molecule has 1 fully saturated rings. The van der Waals surface area contributed by atoms with E-state index in [1.807, 2.05) is 18.7 Å². The fourth-order valence-electron chi connectivity index (χ4n) is 2.84. The van der Waals surface area contributed by atoms with Gasteiger partial charge in [-0.15, -0.1) is 0 Å². The average Bonchev–Trinajstić information content (AvgIpc) is 3.09. The molecule has 0 radical (unpaired) electrons. The number of nitrogens with one attached hydrogen (secondary N) is 1. The summed E-state index contributed by atoms with van der Waals surface area (Å²) in [6.07, 6.45) is 3.22. The standard InChI is InChI=1S/C18H26FN3O2/c1-3-14(2)22(12-9-17(23)21-10-4-5-11-21)18(24)20-16-8-6-7-15(19)13-16/h6-8,13-14H,3-5,9-12H2,1-2H3,(H,20,24). The number of amides is 3. The number of carbonyl (C=O) groups is 2. The summed E-state index contributed by atoms with van der Waals surface area (Å²) in [7, 11) is 0. The molecule has 0 aromatic heterocycles. The smallest absolute Gasteiger partial charge is 0.322 e. The van der Waals surface area contributed by atoms with Crippen LogP contribution < -0.4 is 5.32 Å². The van der Waals surface area contributed by atoms with Crippen molar-refractivity contribution in [1.29, 1.82) is 0 Å². The molecule has 1 heterocycles. The molecule has 0 bridgehead atoms. The monoisotopic (exact) mass is 335 g/mol. The fourth-order valence-corrected chi connectivity index (χ4v) is 2.84. The number of anilines is 1. The van der Waals surface area contributed by atoms with Crippen molar-refractivity contribution in [2.75, 3.05) is 25.0 Å². The lowest BCUT2D eigenvalue weighted by atomic mass is 10.2. The summed E-state index contributed by atoms with van der Waals surface area (Å²) in [5.74, 6) is -0.300. The van der Waals surface area contributed by atoms with Crippen molar-refractivity contribution in [3.63, 3.8) is 0 Å². The Kier molecular flexibility index (Phi) is 6.58. The number of hydrogen-bond donors (Lipinski definition) is 1. The van der Waals surface area contributed by atoms with E-state index in [1.165, 1.54) is 12.1 Å². The maximum Gasteiger partial charge on any atom is 0.322 e. The van der Waals surface area contributed by atoms with Crippen molar-refractivity contribution in [1.82, 2.24) is 9.80 Å². The molecule has 1 atom stereocenters. The first-order valence-corrected chi connectivity index (χ1v) is 8.62. The van der Waals surface area contributed by atoms with E-state index in [9.17, 15) is 14.0 Å². The molecule has 1 aromatic carbocycles. The van der Waals surface area contributed by atoms with Gasteiger partial charge in [0.1, 0.15) is 5.82 Å². The highest BCUT2D eigenvalue weighted by atomic mass is 19.1. The van der Waals surface area contributed by atoms with Gasteiger partial charge >= 0.3 is 6.03 Å². The third-order valence-corrected chi connectivity index (χ3v) is 4.48. The molecule has 1 aliphatic rings. The minimum atomic E-state index is -0.396. The van der Waals surface area contributed by atoms with E-state index in [0.717, 1.165) is 32.4 Å². The maximum atomic E-state index is 13.3. The van der Waals surface area contributed by atoms with Crippen LogP contribution >= 0.6 is 0 Å². The van der Waals surface area contributed by atoms with Gasteiger partial charge in [-0.05, 0) is 44.4 Å². The second kappa shape index (κ2) is 8.66. The molecule has 0 saturated carbocycles. The van der Waals surface area contributed by atoms with Crippen LogP contribution in [0.3, 0.4) is 0 Å². The van der Waals surface area contributed by atoms with E-state index in [2.05, 4.69) is 5.32 Å². The number of nitrogens with zero attached hydrogens (tertiary/aromatic N) is 2. The molecule has 2 rings (SSSR count). The Morgan fingerprint density at radius 3 is 2.67 bits per heavy atom. The number of hydrogen-bond acceptors (Lipinski definition) is 2. The average molecular weight is 335 g/mol. The Morgan fingerprint density at radius 2 is 2.04 bits per heavy atom. The molecule has 1 unspecified atom stereocenters. The zero-order chi connectivity index (χ0) is 17.5. The first kappa shape index (κ1) is 18.2. The lowest BCUT2D eigenvalue weighted by Crippen LogP contribution is -2.43. The number of halogens is 1. The summed E-state index contributed by atoms with van der Waals surface area (Å²) in [5.41, 5.74) is 0.416. The summed E-state index contributed by atoms with van der Waals surface area (Å²) in [6.45, 7) is 5.95. The molecule has 5 nitrogen and oxygen atoms in total. The normalized spacial score (nSPS) is 15.2. The van der Waals surface area contributed by atoms with E-state index in [1.54, 1.807) is 17.0 Å². The fraction of sp³-hybridized carbons (Fsp3) is 0.556. The quantitative estimate of drug-likeness (QED) is 0.865. The van der Waals surface area contributed by atoms with Gasteiger partial charge in [-0.2, -0.15) is 0 Å². The molecule has 0 aliphatic carbocycles. The van der Waals surface area contributed by atoms with Crippen molar-refractivity contribution in [2.24, 2.45) is 0 Å². The van der Waals surface area contributed by atoms with Crippen molar-refractivity contribution >= 4 is 17.6 Å². The van der Waals surface area contributed by atoms with Gasteiger partial charge < -0.3 is 15.1 Å². The van der Waals surface area contributed by atoms with Gasteiger partial charge in [-0.1, -0.05) is 13.0 Å². The third-order valence-electron chi connectivity index (χ3n) is 4.48. The van der Waals surface area contributed by atoms with Crippen LogP contribution in [0.5, 0.6) is 0 Å². The molecule has 24 heavy (non-hydrogen) atoms. The van der Waals surface area contributed by atoms with E-state index in [-0.39, 0.29) is 18.0 Å². The second-order valence-electron chi connectivity index (χ2n) is 6.23. The molecule has 0 spiro atoms. The van der Waals surface area contributed by atoms with E-state index >= 15 is 0 Å². The molecule has 1 aliphatic heterocycles. The van der Waals surface area contributed by atoms with Crippen LogP contribution in [0, 0.1) is 5.82 Å². The Hall–Kier alpha value is -2.11. The second-order valence-corrected chi connectivity index (χ2v) is 6.23. The van der Waals surface area contributed by atoms with Gasteiger partial charge in [0, 0.05) is 37.8 Å². The molecule has 3 amide bonds. The largest absolute Gasteiger partial charge is 0.343 e. The van der Waals surface area contributed by atoms with Crippen LogP contribution in [0.25, 0.3) is 0 Å². The van der Waals surface area contributed by atoms with Crippen molar-refractivity contribution in [3.8, 4) is 0 Å². The van der Waals surface area contributed by atoms with Crippen LogP contribution in [0.15, 0.2) is 24.3 Å². The predicted molar refractivity (Wildman–Crippen MR) is 92.3 cm³/mol. The number of likely N-dealkylation sites (tertiary alicyclic amines) is 1.